The van der Waals surface area contributed by atoms with Gasteiger partial charge in [-0.2, -0.15) is 5.10 Å². The number of fused-ring (bicyclic) bond motifs is 1. The third kappa shape index (κ3) is 3.62. The Morgan fingerprint density at radius 1 is 1.21 bits per heavy atom. The summed E-state index contributed by atoms with van der Waals surface area (Å²) in [5.41, 5.74) is 2.78. The van der Waals surface area contributed by atoms with Crippen LogP contribution in [-0.2, 0) is 14.8 Å². The lowest BCUT2D eigenvalue weighted by molar-refractivity contribution is -0.110. The maximum atomic E-state index is 12.6. The van der Waals surface area contributed by atoms with E-state index in [-0.39, 0.29) is 10.8 Å². The molecule has 0 spiro atoms. The van der Waals surface area contributed by atoms with E-state index >= 15 is 0 Å². The second kappa shape index (κ2) is 7.42. The second-order valence-corrected chi connectivity index (χ2v) is 9.37. The number of rotatable bonds is 4. The first-order chi connectivity index (χ1) is 13.8. The van der Waals surface area contributed by atoms with Gasteiger partial charge in [-0.25, -0.2) is 17.8 Å². The highest BCUT2D eigenvalue weighted by Crippen LogP contribution is 2.36. The van der Waals surface area contributed by atoms with Gasteiger partial charge >= 0.3 is 0 Å². The topological polar surface area (TPSA) is 93.1 Å². The zero-order valence-electron chi connectivity index (χ0n) is 15.0. The fourth-order valence-corrected chi connectivity index (χ4v) is 4.24. The maximum Gasteiger partial charge on any atom is 0.256 e. The van der Waals surface area contributed by atoms with Gasteiger partial charge in [-0.15, -0.1) is 0 Å². The van der Waals surface area contributed by atoms with Crippen LogP contribution in [0.15, 0.2) is 58.0 Å². The van der Waals surface area contributed by atoms with Crippen molar-refractivity contribution < 1.29 is 13.2 Å². The van der Waals surface area contributed by atoms with E-state index in [4.69, 9.17) is 11.6 Å². The molecule has 148 valence electrons. The molecule has 2 N–H and O–H groups in total. The van der Waals surface area contributed by atoms with Crippen molar-refractivity contribution in [3.63, 3.8) is 0 Å². The van der Waals surface area contributed by atoms with Crippen molar-refractivity contribution in [2.24, 2.45) is 0 Å². The normalized spacial score (nSPS) is 14.9. The van der Waals surface area contributed by atoms with Crippen LogP contribution in [0.25, 0.3) is 17.3 Å². The van der Waals surface area contributed by atoms with Crippen LogP contribution in [0.2, 0.25) is 5.02 Å². The number of hydrogen-bond acceptors (Lipinski definition) is 4. The summed E-state index contributed by atoms with van der Waals surface area (Å²) in [6.45, 7) is 0. The van der Waals surface area contributed by atoms with Gasteiger partial charge in [0, 0.05) is 16.3 Å². The van der Waals surface area contributed by atoms with Crippen molar-refractivity contribution >= 4 is 60.8 Å². The lowest BCUT2D eigenvalue weighted by atomic mass is 10.1. The molecule has 0 fully saturated rings. The number of carbonyl (C=O) groups excluding carboxylic acids is 1. The van der Waals surface area contributed by atoms with Crippen LogP contribution in [0.1, 0.15) is 11.3 Å². The number of carbonyl (C=O) groups is 1. The van der Waals surface area contributed by atoms with Gasteiger partial charge in [0.05, 0.1) is 32.5 Å². The van der Waals surface area contributed by atoms with E-state index in [1.54, 1.807) is 35.2 Å². The first kappa shape index (κ1) is 19.8. The van der Waals surface area contributed by atoms with E-state index in [9.17, 15) is 13.2 Å². The summed E-state index contributed by atoms with van der Waals surface area (Å²) in [4.78, 5) is 12.7. The monoisotopic (exact) mass is 492 g/mol. The van der Waals surface area contributed by atoms with Gasteiger partial charge < -0.3 is 5.32 Å². The minimum absolute atomic E-state index is 0.0754. The predicted molar refractivity (Wildman–Crippen MR) is 115 cm³/mol. The standard InChI is InChI=1S/C19H14BrClN4O3S/c1-22-29(27,28)13-6-7-17-14(8-13)15(19(26)24-17)9-18-16(20)10-23-25(18)12-4-2-11(21)3-5-12/h2-10,22H,1H3,(H,24,26). The summed E-state index contributed by atoms with van der Waals surface area (Å²) in [7, 11) is -2.30. The summed E-state index contributed by atoms with van der Waals surface area (Å²) in [5.74, 6) is -0.324. The molecule has 0 unspecified atom stereocenters. The van der Waals surface area contributed by atoms with Crippen LogP contribution in [0.3, 0.4) is 0 Å². The fourth-order valence-electron chi connectivity index (χ4n) is 2.99. The second-order valence-electron chi connectivity index (χ2n) is 6.19. The molecule has 0 atom stereocenters. The summed E-state index contributed by atoms with van der Waals surface area (Å²) in [6.07, 6.45) is 3.29. The van der Waals surface area contributed by atoms with Crippen LogP contribution in [-0.4, -0.2) is 31.2 Å². The Kier molecular flexibility index (Phi) is 5.07. The molecule has 1 aromatic heterocycles. The number of amides is 1. The lowest BCUT2D eigenvalue weighted by Gasteiger charge is -2.07. The summed E-state index contributed by atoms with van der Waals surface area (Å²) < 4.78 is 28.9. The van der Waals surface area contributed by atoms with Crippen molar-refractivity contribution in [3.05, 3.63) is 69.4 Å². The number of nitrogens with zero attached hydrogens (tertiary/aromatic N) is 2. The first-order valence-corrected chi connectivity index (χ1v) is 11.1. The van der Waals surface area contributed by atoms with Crippen molar-refractivity contribution in [1.82, 2.24) is 14.5 Å². The molecule has 0 saturated heterocycles. The van der Waals surface area contributed by atoms with Crippen LogP contribution in [0, 0.1) is 0 Å². The number of hydrogen-bond donors (Lipinski definition) is 2. The average molecular weight is 494 g/mol. The summed E-state index contributed by atoms with van der Waals surface area (Å²) in [5, 5.41) is 7.71. The van der Waals surface area contributed by atoms with E-state index in [1.807, 2.05) is 12.1 Å². The smallest absolute Gasteiger partial charge is 0.256 e. The minimum Gasteiger partial charge on any atom is -0.321 e. The molecule has 0 aliphatic carbocycles. The summed E-state index contributed by atoms with van der Waals surface area (Å²) >= 11 is 9.42. The average Bonchev–Trinajstić information content (AvgIpc) is 3.22. The SMILES string of the molecule is CNS(=O)(=O)c1ccc2c(c1)C(=Cc1c(Br)cnn1-c1ccc(Cl)cc1)C(=O)N2. The third-order valence-corrected chi connectivity index (χ3v) is 6.74. The molecule has 2 aromatic carbocycles. The van der Waals surface area contributed by atoms with E-state index in [0.717, 1.165) is 5.69 Å². The number of anilines is 1. The summed E-state index contributed by atoms with van der Waals surface area (Å²) in [6, 6.07) is 11.6. The van der Waals surface area contributed by atoms with Gasteiger partial charge in [-0.3, -0.25) is 4.79 Å². The highest BCUT2D eigenvalue weighted by atomic mass is 79.9. The Bertz CT molecular complexity index is 1270. The zero-order chi connectivity index (χ0) is 20.8. The highest BCUT2D eigenvalue weighted by Gasteiger charge is 2.27. The fraction of sp³-hybridized carbons (Fsp3) is 0.0526. The van der Waals surface area contributed by atoms with Gasteiger partial charge in [0.15, 0.2) is 0 Å². The Balaban J connectivity index is 1.86. The molecule has 29 heavy (non-hydrogen) atoms. The van der Waals surface area contributed by atoms with Gasteiger partial charge in [-0.05, 0) is 71.5 Å². The predicted octanol–water partition coefficient (Wildman–Crippen LogP) is 3.69. The van der Waals surface area contributed by atoms with E-state index in [1.165, 1.54) is 19.2 Å². The Labute approximate surface area is 180 Å². The van der Waals surface area contributed by atoms with E-state index in [0.29, 0.717) is 32.0 Å². The molecule has 0 radical (unpaired) electrons. The highest BCUT2D eigenvalue weighted by molar-refractivity contribution is 9.10. The van der Waals surface area contributed by atoms with Crippen LogP contribution in [0.4, 0.5) is 5.69 Å². The molecule has 1 aliphatic rings. The molecule has 7 nitrogen and oxygen atoms in total. The quantitative estimate of drug-likeness (QED) is 0.542. The van der Waals surface area contributed by atoms with Gasteiger partial charge in [0.2, 0.25) is 10.0 Å². The largest absolute Gasteiger partial charge is 0.321 e. The number of halogens is 2. The molecule has 3 aromatic rings. The number of aromatic nitrogens is 2. The van der Waals surface area contributed by atoms with E-state index < -0.39 is 10.0 Å². The van der Waals surface area contributed by atoms with Crippen molar-refractivity contribution in [2.45, 2.75) is 4.90 Å². The number of sulfonamides is 1. The first-order valence-electron chi connectivity index (χ1n) is 8.40. The van der Waals surface area contributed by atoms with Crippen LogP contribution < -0.4 is 10.0 Å². The molecule has 4 rings (SSSR count). The number of nitrogens with one attached hydrogen (secondary N) is 2. The molecular weight excluding hydrogens is 480 g/mol. The molecular formula is C19H14BrClN4O3S. The lowest BCUT2D eigenvalue weighted by Crippen LogP contribution is -2.18. The molecule has 1 amide bonds. The maximum absolute atomic E-state index is 12.6. The Morgan fingerprint density at radius 3 is 2.62 bits per heavy atom. The number of benzene rings is 2. The van der Waals surface area contributed by atoms with Gasteiger partial charge in [-0.1, -0.05) is 11.6 Å². The third-order valence-electron chi connectivity index (χ3n) is 4.46. The molecule has 0 saturated carbocycles. The van der Waals surface area contributed by atoms with Gasteiger partial charge in [0.1, 0.15) is 0 Å². The molecule has 10 heteroatoms. The van der Waals surface area contributed by atoms with Crippen molar-refractivity contribution in [1.29, 1.82) is 0 Å². The Hall–Kier alpha value is -2.46. The molecule has 1 aliphatic heterocycles. The molecule has 0 bridgehead atoms. The van der Waals surface area contributed by atoms with Crippen LogP contribution >= 0.6 is 27.5 Å². The van der Waals surface area contributed by atoms with Crippen molar-refractivity contribution in [3.8, 4) is 5.69 Å². The zero-order valence-corrected chi connectivity index (χ0v) is 18.1. The molecule has 2 heterocycles. The van der Waals surface area contributed by atoms with Crippen molar-refractivity contribution in [2.75, 3.05) is 12.4 Å². The van der Waals surface area contributed by atoms with Gasteiger partial charge in [0.25, 0.3) is 5.91 Å². The van der Waals surface area contributed by atoms with E-state index in [2.05, 4.69) is 31.1 Å². The van der Waals surface area contributed by atoms with Crippen LogP contribution in [0.5, 0.6) is 0 Å². The minimum atomic E-state index is -3.64. The Morgan fingerprint density at radius 2 is 1.93 bits per heavy atom.